The van der Waals surface area contributed by atoms with Crippen molar-refractivity contribution in [1.82, 2.24) is 25.1 Å². The number of aromatic nitrogens is 2. The highest BCUT2D eigenvalue weighted by Crippen LogP contribution is 2.39. The molecule has 0 saturated carbocycles. The fourth-order valence-electron chi connectivity index (χ4n) is 8.33. The number of rotatable bonds is 15. The molecule has 2 N–H and O–H groups in total. The van der Waals surface area contributed by atoms with Gasteiger partial charge in [-0.3, -0.25) is 19.7 Å². The molecule has 2 atom stereocenters. The number of hydrogen-bond donors (Lipinski definition) is 2. The smallest absolute Gasteiger partial charge is 0.255 e. The van der Waals surface area contributed by atoms with Crippen molar-refractivity contribution in [1.29, 1.82) is 0 Å². The first-order valence-corrected chi connectivity index (χ1v) is 20.6. The van der Waals surface area contributed by atoms with Gasteiger partial charge in [0, 0.05) is 34.5 Å². The van der Waals surface area contributed by atoms with Gasteiger partial charge in [-0.05, 0) is 119 Å². The second kappa shape index (κ2) is 17.7. The highest BCUT2D eigenvalue weighted by atomic mass is 79.9. The van der Waals surface area contributed by atoms with Crippen molar-refractivity contribution < 1.29 is 28.2 Å². The number of amides is 3. The van der Waals surface area contributed by atoms with Gasteiger partial charge in [0.05, 0.1) is 25.3 Å². The summed E-state index contributed by atoms with van der Waals surface area (Å²) in [6.07, 6.45) is 7.66. The van der Waals surface area contributed by atoms with E-state index in [0.29, 0.717) is 35.9 Å². The van der Waals surface area contributed by atoms with Gasteiger partial charge in [-0.25, -0.2) is 14.4 Å². The first-order valence-electron chi connectivity index (χ1n) is 19.8. The number of nitrogens with one attached hydrogen (secondary N) is 2. The topological polar surface area (TPSA) is 126 Å². The Morgan fingerprint density at radius 3 is 2.54 bits per heavy atom. The number of anilines is 1. The number of carbonyl (C=O) groups is 3. The summed E-state index contributed by atoms with van der Waals surface area (Å²) in [6, 6.07) is 14.3. The number of aryl methyl sites for hydroxylation is 1. The molecule has 3 amide bonds. The number of nitrogens with zero attached hydrogens (tertiary/aromatic N) is 4. The summed E-state index contributed by atoms with van der Waals surface area (Å²) in [4.78, 5) is 50.9. The Labute approximate surface area is 335 Å². The minimum absolute atomic E-state index is 0.0316. The fraction of sp³-hybridized carbons (Fsp3) is 0.465. The molecule has 1 unspecified atom stereocenters. The normalized spacial score (nSPS) is 18.3. The van der Waals surface area contributed by atoms with Crippen LogP contribution in [0.3, 0.4) is 0 Å². The van der Waals surface area contributed by atoms with Gasteiger partial charge in [-0.15, -0.1) is 0 Å². The van der Waals surface area contributed by atoms with Crippen LogP contribution in [0.15, 0.2) is 53.0 Å². The SMILES string of the molecule is COc1cc2c(N[C@H](C)c3cccc(Br)c3)nc(C)nc2cc1OCCCCCCCN1CCC(c2cc(F)cc3c2CN(C2CCC(=O)NC2=O)C3=O)CC1. The van der Waals surface area contributed by atoms with E-state index in [1.54, 1.807) is 13.2 Å². The maximum Gasteiger partial charge on any atom is 0.255 e. The van der Waals surface area contributed by atoms with E-state index in [0.717, 1.165) is 102 Å². The Morgan fingerprint density at radius 1 is 0.982 bits per heavy atom. The van der Waals surface area contributed by atoms with Crippen molar-refractivity contribution in [3.63, 3.8) is 0 Å². The van der Waals surface area contributed by atoms with Gasteiger partial charge < -0.3 is 24.6 Å². The number of piperidine rings is 2. The van der Waals surface area contributed by atoms with Crippen LogP contribution in [-0.2, 0) is 16.1 Å². The molecule has 1 aromatic heterocycles. The number of likely N-dealkylation sites (tertiary alicyclic amines) is 1. The summed E-state index contributed by atoms with van der Waals surface area (Å²) in [5.74, 6) is 1.38. The Kier molecular flexibility index (Phi) is 12.5. The molecule has 3 aliphatic rings. The predicted molar refractivity (Wildman–Crippen MR) is 216 cm³/mol. The summed E-state index contributed by atoms with van der Waals surface area (Å²) in [5, 5.41) is 6.77. The molecule has 0 radical (unpaired) electrons. The van der Waals surface area contributed by atoms with Crippen LogP contribution < -0.4 is 20.1 Å². The molecule has 3 aromatic carbocycles. The molecule has 13 heteroatoms. The average Bonchev–Trinajstić information content (AvgIpc) is 3.50. The maximum absolute atomic E-state index is 14.8. The molecular formula is C43H50BrFN6O5. The minimum Gasteiger partial charge on any atom is -0.493 e. The Bertz CT molecular complexity index is 2110. The van der Waals surface area contributed by atoms with E-state index >= 15 is 0 Å². The summed E-state index contributed by atoms with van der Waals surface area (Å²) in [7, 11) is 1.65. The molecule has 0 spiro atoms. The van der Waals surface area contributed by atoms with Gasteiger partial charge in [0.15, 0.2) is 11.5 Å². The highest BCUT2D eigenvalue weighted by molar-refractivity contribution is 9.10. The zero-order chi connectivity index (χ0) is 39.3. The molecule has 2 saturated heterocycles. The van der Waals surface area contributed by atoms with Gasteiger partial charge in [-0.1, -0.05) is 47.3 Å². The van der Waals surface area contributed by atoms with E-state index in [4.69, 9.17) is 19.4 Å². The number of methoxy groups -OCH3 is 1. The number of ether oxygens (including phenoxy) is 2. The molecule has 56 heavy (non-hydrogen) atoms. The van der Waals surface area contributed by atoms with Crippen LogP contribution in [0.4, 0.5) is 10.2 Å². The van der Waals surface area contributed by atoms with Crippen LogP contribution in [-0.4, -0.2) is 76.9 Å². The number of halogens is 2. The molecule has 11 nitrogen and oxygen atoms in total. The monoisotopic (exact) mass is 828 g/mol. The summed E-state index contributed by atoms with van der Waals surface area (Å²) < 4.78 is 27.8. The van der Waals surface area contributed by atoms with Gasteiger partial charge >= 0.3 is 0 Å². The number of carbonyl (C=O) groups excluding carboxylic acids is 3. The molecule has 4 aromatic rings. The molecule has 3 aliphatic heterocycles. The fourth-order valence-corrected chi connectivity index (χ4v) is 8.75. The van der Waals surface area contributed by atoms with Crippen molar-refractivity contribution >= 4 is 50.4 Å². The molecule has 0 bridgehead atoms. The van der Waals surface area contributed by atoms with Crippen molar-refractivity contribution in [3.05, 3.63) is 86.9 Å². The zero-order valence-electron chi connectivity index (χ0n) is 32.3. The van der Waals surface area contributed by atoms with Gasteiger partial charge in [0.1, 0.15) is 23.5 Å². The van der Waals surface area contributed by atoms with E-state index in [9.17, 15) is 18.8 Å². The lowest BCUT2D eigenvalue weighted by Crippen LogP contribution is -2.52. The van der Waals surface area contributed by atoms with E-state index in [2.05, 4.69) is 50.5 Å². The van der Waals surface area contributed by atoms with Crippen molar-refractivity contribution in [2.45, 2.75) is 96.2 Å². The average molecular weight is 830 g/mol. The summed E-state index contributed by atoms with van der Waals surface area (Å²) in [5.41, 5.74) is 4.01. The van der Waals surface area contributed by atoms with E-state index in [-0.39, 0.29) is 36.7 Å². The first-order chi connectivity index (χ1) is 27.1. The Balaban J connectivity index is 0.840. The van der Waals surface area contributed by atoms with Crippen molar-refractivity contribution in [2.75, 3.05) is 38.7 Å². The molecule has 0 aliphatic carbocycles. The summed E-state index contributed by atoms with van der Waals surface area (Å²) in [6.45, 7) is 7.74. The molecular weight excluding hydrogens is 779 g/mol. The van der Waals surface area contributed by atoms with Crippen LogP contribution in [0.1, 0.15) is 110 Å². The van der Waals surface area contributed by atoms with Crippen LogP contribution in [0.25, 0.3) is 10.9 Å². The standard InChI is InChI=1S/C43H50BrFN6O5/c1-26(29-10-9-11-30(44)20-29)46-41-34-23-38(55-3)39(24-36(34)47-27(2)48-41)56-19-8-6-4-5-7-16-50-17-14-28(15-18-50)32-21-31(45)22-33-35(32)25-51(43(33)54)37-12-13-40(52)49-42(37)53/h9-11,20-24,26,28,37H,4-8,12-19,25H2,1-3H3,(H,46,47,48)(H,49,52,53)/t26-,37?/m1/s1. The van der Waals surface area contributed by atoms with Crippen LogP contribution in [0, 0.1) is 12.7 Å². The first kappa shape index (κ1) is 39.6. The van der Waals surface area contributed by atoms with Crippen LogP contribution in [0.5, 0.6) is 11.5 Å². The second-order valence-electron chi connectivity index (χ2n) is 15.2. The van der Waals surface area contributed by atoms with Gasteiger partial charge in [0.25, 0.3) is 5.91 Å². The largest absolute Gasteiger partial charge is 0.493 e. The van der Waals surface area contributed by atoms with E-state index < -0.39 is 17.8 Å². The zero-order valence-corrected chi connectivity index (χ0v) is 33.9. The molecule has 4 heterocycles. The lowest BCUT2D eigenvalue weighted by Gasteiger charge is -2.33. The van der Waals surface area contributed by atoms with E-state index in [1.165, 1.54) is 11.0 Å². The predicted octanol–water partition coefficient (Wildman–Crippen LogP) is 7.99. The molecule has 2 fully saturated rings. The summed E-state index contributed by atoms with van der Waals surface area (Å²) >= 11 is 3.56. The Hall–Kier alpha value is -4.62. The van der Waals surface area contributed by atoms with E-state index in [1.807, 2.05) is 31.2 Å². The molecule has 7 rings (SSSR count). The number of hydrogen-bond acceptors (Lipinski definition) is 9. The second-order valence-corrected chi connectivity index (χ2v) is 16.1. The van der Waals surface area contributed by atoms with Gasteiger partial charge in [-0.2, -0.15) is 0 Å². The number of unbranched alkanes of at least 4 members (excludes halogenated alkanes) is 4. The Morgan fingerprint density at radius 2 is 1.77 bits per heavy atom. The quantitative estimate of drug-likeness (QED) is 0.0906. The van der Waals surface area contributed by atoms with Gasteiger partial charge in [0.2, 0.25) is 11.8 Å². The maximum atomic E-state index is 14.8. The van der Waals surface area contributed by atoms with Crippen molar-refractivity contribution in [2.24, 2.45) is 0 Å². The highest BCUT2D eigenvalue weighted by Gasteiger charge is 2.41. The van der Waals surface area contributed by atoms with Crippen LogP contribution in [0.2, 0.25) is 0 Å². The van der Waals surface area contributed by atoms with Crippen molar-refractivity contribution in [3.8, 4) is 11.5 Å². The third-order valence-corrected chi connectivity index (χ3v) is 11.8. The minimum atomic E-state index is -0.707. The van der Waals surface area contributed by atoms with Crippen LogP contribution >= 0.6 is 15.9 Å². The lowest BCUT2D eigenvalue weighted by molar-refractivity contribution is -0.136. The number of imide groups is 1. The number of benzene rings is 3. The molecule has 296 valence electrons. The third kappa shape index (κ3) is 8.99. The lowest BCUT2D eigenvalue weighted by atomic mass is 9.85. The third-order valence-electron chi connectivity index (χ3n) is 11.4. The number of fused-ring (bicyclic) bond motifs is 2.